The maximum atomic E-state index is 14.2. The second-order valence-corrected chi connectivity index (χ2v) is 9.62. The molecule has 1 saturated heterocycles. The molecular weight excluding hydrogens is 435 g/mol. The van der Waals surface area contributed by atoms with Gasteiger partial charge in [0, 0.05) is 38.1 Å². The number of ether oxygens (including phenoxy) is 1. The SMILES string of the molecule is CCc1cnc(N2CCC3(CC2)CC(CCCOc2ccc(C(=O)NCCO)c(F)c2)C3)nc1. The van der Waals surface area contributed by atoms with Crippen molar-refractivity contribution in [1.82, 2.24) is 15.3 Å². The summed E-state index contributed by atoms with van der Waals surface area (Å²) < 4.78 is 19.9. The molecule has 7 nitrogen and oxygen atoms in total. The number of amides is 1. The Bertz CT molecular complexity index is 953. The van der Waals surface area contributed by atoms with Gasteiger partial charge in [0.05, 0.1) is 18.8 Å². The zero-order valence-electron chi connectivity index (χ0n) is 19.9. The van der Waals surface area contributed by atoms with Crippen LogP contribution in [0.25, 0.3) is 0 Å². The minimum absolute atomic E-state index is 0.0452. The molecule has 2 aromatic rings. The summed E-state index contributed by atoms with van der Waals surface area (Å²) in [5.41, 5.74) is 1.61. The van der Waals surface area contributed by atoms with E-state index in [1.54, 1.807) is 6.07 Å². The predicted molar refractivity (Wildman–Crippen MR) is 129 cm³/mol. The van der Waals surface area contributed by atoms with Crippen LogP contribution >= 0.6 is 0 Å². The summed E-state index contributed by atoms with van der Waals surface area (Å²) in [5, 5.41) is 11.2. The summed E-state index contributed by atoms with van der Waals surface area (Å²) in [6, 6.07) is 4.28. The third-order valence-electron chi connectivity index (χ3n) is 7.26. The monoisotopic (exact) mass is 470 g/mol. The molecule has 1 aromatic carbocycles. The van der Waals surface area contributed by atoms with E-state index in [1.807, 2.05) is 12.4 Å². The van der Waals surface area contributed by atoms with Gasteiger partial charge < -0.3 is 20.1 Å². The first-order valence-corrected chi connectivity index (χ1v) is 12.4. The molecule has 4 rings (SSSR count). The number of carbonyl (C=O) groups excluding carboxylic acids is 1. The number of nitrogens with zero attached hydrogens (tertiary/aromatic N) is 3. The lowest BCUT2D eigenvalue weighted by atomic mass is 9.56. The molecule has 1 amide bonds. The first-order valence-electron chi connectivity index (χ1n) is 12.4. The molecule has 0 unspecified atom stereocenters. The number of nitrogens with one attached hydrogen (secondary N) is 1. The highest BCUT2D eigenvalue weighted by Gasteiger charge is 2.45. The molecule has 34 heavy (non-hydrogen) atoms. The van der Waals surface area contributed by atoms with Crippen molar-refractivity contribution in [1.29, 1.82) is 0 Å². The van der Waals surface area contributed by atoms with Crippen LogP contribution in [0.15, 0.2) is 30.6 Å². The molecule has 184 valence electrons. The van der Waals surface area contributed by atoms with Crippen molar-refractivity contribution < 1.29 is 19.0 Å². The molecule has 2 fully saturated rings. The summed E-state index contributed by atoms with van der Waals surface area (Å²) >= 11 is 0. The van der Waals surface area contributed by atoms with E-state index in [-0.39, 0.29) is 18.7 Å². The summed E-state index contributed by atoms with van der Waals surface area (Å²) in [6.07, 6.45) is 11.9. The van der Waals surface area contributed by atoms with Crippen LogP contribution in [-0.4, -0.2) is 53.8 Å². The fourth-order valence-electron chi connectivity index (χ4n) is 5.25. The highest BCUT2D eigenvalue weighted by Crippen LogP contribution is 2.54. The predicted octanol–water partition coefficient (Wildman–Crippen LogP) is 3.76. The Kier molecular flexibility index (Phi) is 7.98. The molecular formula is C26H35FN4O3. The second kappa shape index (κ2) is 11.1. The third kappa shape index (κ3) is 5.84. The van der Waals surface area contributed by atoms with Gasteiger partial charge in [-0.25, -0.2) is 14.4 Å². The van der Waals surface area contributed by atoms with Crippen molar-refractivity contribution in [3.8, 4) is 5.75 Å². The molecule has 0 bridgehead atoms. The van der Waals surface area contributed by atoms with Crippen LogP contribution in [0.2, 0.25) is 0 Å². The Labute approximate surface area is 200 Å². The number of aliphatic hydroxyl groups excluding tert-OH is 1. The molecule has 2 aliphatic rings. The third-order valence-corrected chi connectivity index (χ3v) is 7.26. The molecule has 2 N–H and O–H groups in total. The number of rotatable bonds is 10. The van der Waals surface area contributed by atoms with Crippen molar-refractivity contribution in [2.75, 3.05) is 37.7 Å². The van der Waals surface area contributed by atoms with Gasteiger partial charge in [-0.05, 0) is 74.0 Å². The summed E-state index contributed by atoms with van der Waals surface area (Å²) in [7, 11) is 0. The molecule has 1 aromatic heterocycles. The van der Waals surface area contributed by atoms with Crippen LogP contribution < -0.4 is 15.0 Å². The molecule has 8 heteroatoms. The lowest BCUT2D eigenvalue weighted by Gasteiger charge is -2.52. The number of hydrogen-bond donors (Lipinski definition) is 2. The molecule has 1 aliphatic carbocycles. The van der Waals surface area contributed by atoms with Crippen LogP contribution in [-0.2, 0) is 6.42 Å². The van der Waals surface area contributed by atoms with Gasteiger partial charge in [0.25, 0.3) is 5.91 Å². The van der Waals surface area contributed by atoms with Gasteiger partial charge >= 0.3 is 0 Å². The van der Waals surface area contributed by atoms with E-state index < -0.39 is 11.7 Å². The average molecular weight is 471 g/mol. The molecule has 0 radical (unpaired) electrons. The topological polar surface area (TPSA) is 87.6 Å². The number of aryl methyl sites for hydroxylation is 1. The Balaban J connectivity index is 1.14. The molecule has 1 saturated carbocycles. The van der Waals surface area contributed by atoms with Gasteiger partial charge in [-0.2, -0.15) is 0 Å². The van der Waals surface area contributed by atoms with Crippen molar-refractivity contribution in [3.05, 3.63) is 47.5 Å². The summed E-state index contributed by atoms with van der Waals surface area (Å²) in [6.45, 7) is 4.62. The number of aromatic nitrogens is 2. The van der Waals surface area contributed by atoms with Gasteiger partial charge in [0.2, 0.25) is 5.95 Å². The van der Waals surface area contributed by atoms with Gasteiger partial charge in [0.15, 0.2) is 0 Å². The molecule has 0 atom stereocenters. The Morgan fingerprint density at radius 3 is 2.65 bits per heavy atom. The van der Waals surface area contributed by atoms with Gasteiger partial charge in [-0.1, -0.05) is 6.92 Å². The van der Waals surface area contributed by atoms with Crippen LogP contribution in [0, 0.1) is 17.2 Å². The number of benzene rings is 1. The normalized spacial score (nSPS) is 17.4. The quantitative estimate of drug-likeness (QED) is 0.514. The Morgan fingerprint density at radius 1 is 1.26 bits per heavy atom. The van der Waals surface area contributed by atoms with Crippen molar-refractivity contribution in [2.24, 2.45) is 11.3 Å². The smallest absolute Gasteiger partial charge is 0.254 e. The highest BCUT2D eigenvalue weighted by atomic mass is 19.1. The van der Waals surface area contributed by atoms with Crippen LogP contribution in [0.5, 0.6) is 5.75 Å². The lowest BCUT2D eigenvalue weighted by molar-refractivity contribution is 0.0205. The maximum Gasteiger partial charge on any atom is 0.254 e. The first kappa shape index (κ1) is 24.4. The fourth-order valence-corrected chi connectivity index (χ4v) is 5.25. The first-order chi connectivity index (χ1) is 16.5. The maximum absolute atomic E-state index is 14.2. The number of hydrogen-bond acceptors (Lipinski definition) is 6. The second-order valence-electron chi connectivity index (χ2n) is 9.62. The number of carbonyl (C=O) groups is 1. The largest absolute Gasteiger partial charge is 0.493 e. The van der Waals surface area contributed by atoms with Gasteiger partial charge in [-0.3, -0.25) is 4.79 Å². The minimum Gasteiger partial charge on any atom is -0.493 e. The van der Waals surface area contributed by atoms with E-state index in [1.165, 1.54) is 43.4 Å². The number of aliphatic hydroxyl groups is 1. The van der Waals surface area contributed by atoms with E-state index >= 15 is 0 Å². The summed E-state index contributed by atoms with van der Waals surface area (Å²) in [5.74, 6) is 0.874. The molecule has 1 spiro atoms. The van der Waals surface area contributed by atoms with Crippen LogP contribution in [0.1, 0.15) is 61.4 Å². The molecule has 2 heterocycles. The number of halogens is 1. The standard InChI is InChI=1S/C26H35FN4O3/c1-2-19-17-29-25(30-18-19)31-10-7-26(8-11-31)15-20(16-26)4-3-13-34-21-5-6-22(23(27)14-21)24(33)28-9-12-32/h5-6,14,17-18,20,32H,2-4,7-13,15-16H2,1H3,(H,28,33). The van der Waals surface area contributed by atoms with E-state index in [0.717, 1.165) is 44.2 Å². The number of anilines is 1. The Morgan fingerprint density at radius 2 is 2.00 bits per heavy atom. The zero-order valence-corrected chi connectivity index (χ0v) is 19.9. The van der Waals surface area contributed by atoms with Gasteiger partial charge in [-0.15, -0.1) is 0 Å². The minimum atomic E-state index is -0.619. The highest BCUT2D eigenvalue weighted by molar-refractivity contribution is 5.94. The van der Waals surface area contributed by atoms with Crippen LogP contribution in [0.4, 0.5) is 10.3 Å². The summed E-state index contributed by atoms with van der Waals surface area (Å²) in [4.78, 5) is 23.2. The van der Waals surface area contributed by atoms with Crippen LogP contribution in [0.3, 0.4) is 0 Å². The van der Waals surface area contributed by atoms with Crippen molar-refractivity contribution in [3.63, 3.8) is 0 Å². The van der Waals surface area contributed by atoms with E-state index in [0.29, 0.717) is 17.8 Å². The Hall–Kier alpha value is -2.74. The van der Waals surface area contributed by atoms with Crippen molar-refractivity contribution >= 4 is 11.9 Å². The van der Waals surface area contributed by atoms with E-state index in [9.17, 15) is 9.18 Å². The van der Waals surface area contributed by atoms with Crippen molar-refractivity contribution in [2.45, 2.75) is 51.9 Å². The zero-order chi connectivity index (χ0) is 24.0. The lowest BCUT2D eigenvalue weighted by Crippen LogP contribution is -2.47. The average Bonchev–Trinajstić information content (AvgIpc) is 2.84. The van der Waals surface area contributed by atoms with E-state index in [4.69, 9.17) is 9.84 Å². The molecule has 1 aliphatic heterocycles. The number of piperidine rings is 1. The van der Waals surface area contributed by atoms with Gasteiger partial charge in [0.1, 0.15) is 11.6 Å². The fraction of sp³-hybridized carbons (Fsp3) is 0.577. The van der Waals surface area contributed by atoms with E-state index in [2.05, 4.69) is 27.1 Å².